The molecular weight excluding hydrogens is 424 g/mol. The predicted octanol–water partition coefficient (Wildman–Crippen LogP) is 4.04. The minimum atomic E-state index is -2.06. The van der Waals surface area contributed by atoms with Gasteiger partial charge in [0.25, 0.3) is 5.91 Å². The molecular formula is C24H40N2O5Si. The van der Waals surface area contributed by atoms with E-state index in [1.807, 2.05) is 30.3 Å². The number of hydrazine groups is 1. The van der Waals surface area contributed by atoms with E-state index in [-0.39, 0.29) is 29.6 Å². The summed E-state index contributed by atoms with van der Waals surface area (Å²) in [5.74, 6) is -0.571. The van der Waals surface area contributed by atoms with Gasteiger partial charge in [-0.1, -0.05) is 58.0 Å². The van der Waals surface area contributed by atoms with E-state index in [0.29, 0.717) is 19.6 Å². The zero-order valence-electron chi connectivity index (χ0n) is 20.6. The molecule has 0 aliphatic carbocycles. The summed E-state index contributed by atoms with van der Waals surface area (Å²) in [5.41, 5.74) is 4.01. The normalized spacial score (nSPS) is 20.5. The first-order chi connectivity index (χ1) is 15.0. The van der Waals surface area contributed by atoms with E-state index in [4.69, 9.17) is 13.9 Å². The molecule has 1 aromatic rings. The Balaban J connectivity index is 2.18. The van der Waals surface area contributed by atoms with Gasteiger partial charge in [-0.2, -0.15) is 0 Å². The van der Waals surface area contributed by atoms with Gasteiger partial charge in [-0.05, 0) is 37.0 Å². The number of benzene rings is 1. The summed E-state index contributed by atoms with van der Waals surface area (Å²) in [4.78, 5) is 25.2. The number of hydrogen-bond acceptors (Lipinski definition) is 6. The van der Waals surface area contributed by atoms with Gasteiger partial charge < -0.3 is 13.9 Å². The third-order valence-electron chi connectivity index (χ3n) is 6.38. The molecule has 8 heteroatoms. The highest BCUT2D eigenvalue weighted by Gasteiger charge is 2.47. The molecule has 0 radical (unpaired) electrons. The van der Waals surface area contributed by atoms with Crippen molar-refractivity contribution in [2.75, 3.05) is 13.2 Å². The second kappa shape index (κ2) is 11.4. The summed E-state index contributed by atoms with van der Waals surface area (Å²) in [6, 6.07) is 9.57. The van der Waals surface area contributed by atoms with Gasteiger partial charge in [0.15, 0.2) is 8.32 Å². The average Bonchev–Trinajstić information content (AvgIpc) is 3.04. The van der Waals surface area contributed by atoms with Crippen LogP contribution in [0.25, 0.3) is 0 Å². The van der Waals surface area contributed by atoms with Crippen molar-refractivity contribution in [3.05, 3.63) is 35.9 Å². The predicted molar refractivity (Wildman–Crippen MR) is 127 cm³/mol. The van der Waals surface area contributed by atoms with Gasteiger partial charge in [-0.15, -0.1) is 0 Å². The summed E-state index contributed by atoms with van der Waals surface area (Å²) >= 11 is 0. The molecule has 7 nitrogen and oxygen atoms in total. The van der Waals surface area contributed by atoms with E-state index in [9.17, 15) is 9.59 Å². The summed E-state index contributed by atoms with van der Waals surface area (Å²) in [6.07, 6.45) is 0.522. The van der Waals surface area contributed by atoms with Gasteiger partial charge in [0, 0.05) is 6.42 Å². The fraction of sp³-hybridized carbons (Fsp3) is 0.667. The van der Waals surface area contributed by atoms with E-state index in [2.05, 4.69) is 46.2 Å². The molecule has 1 saturated heterocycles. The molecule has 1 aliphatic heterocycles. The Kier molecular flexibility index (Phi) is 9.45. The number of ether oxygens (including phenoxy) is 2. The number of carbonyl (C=O) groups is 2. The number of nitrogens with zero attached hydrogens (tertiary/aromatic N) is 1. The lowest BCUT2D eigenvalue weighted by molar-refractivity contribution is -0.147. The van der Waals surface area contributed by atoms with Crippen LogP contribution in [0.4, 0.5) is 0 Å². The summed E-state index contributed by atoms with van der Waals surface area (Å²) in [7, 11) is -2.06. The lowest BCUT2D eigenvalue weighted by Crippen LogP contribution is -2.55. The Bertz CT molecular complexity index is 751. The zero-order valence-corrected chi connectivity index (χ0v) is 21.6. The molecule has 1 aliphatic rings. The molecule has 1 N–H and O–H groups in total. The minimum Gasteiger partial charge on any atom is -0.465 e. The van der Waals surface area contributed by atoms with Crippen LogP contribution in [-0.4, -0.2) is 56.6 Å². The number of amides is 1. The molecule has 3 unspecified atom stereocenters. The lowest BCUT2D eigenvalue weighted by Gasteiger charge is -2.42. The average molecular weight is 465 g/mol. The number of carbonyl (C=O) groups excluding carboxylic acids is 2. The fourth-order valence-electron chi connectivity index (χ4n) is 3.52. The fourth-order valence-corrected chi connectivity index (χ4v) is 4.95. The minimum absolute atomic E-state index is 0.0510. The van der Waals surface area contributed by atoms with E-state index in [0.717, 1.165) is 12.0 Å². The third-order valence-corrected chi connectivity index (χ3v) is 10.9. The molecule has 0 spiro atoms. The smallest absolute Gasteiger partial charge is 0.321 e. The van der Waals surface area contributed by atoms with Crippen molar-refractivity contribution in [1.82, 2.24) is 10.4 Å². The lowest BCUT2D eigenvalue weighted by atomic mass is 10.1. The first-order valence-corrected chi connectivity index (χ1v) is 14.5. The quantitative estimate of drug-likeness (QED) is 0.393. The number of hydrogen-bond donors (Lipinski definition) is 1. The van der Waals surface area contributed by atoms with Crippen LogP contribution in [0.5, 0.6) is 0 Å². The Morgan fingerprint density at radius 3 is 2.44 bits per heavy atom. The Morgan fingerprint density at radius 2 is 1.88 bits per heavy atom. The molecule has 32 heavy (non-hydrogen) atoms. The molecule has 0 bridgehead atoms. The van der Waals surface area contributed by atoms with Crippen LogP contribution in [0.3, 0.4) is 0 Å². The van der Waals surface area contributed by atoms with Crippen LogP contribution in [-0.2, 0) is 30.1 Å². The van der Waals surface area contributed by atoms with Gasteiger partial charge >= 0.3 is 5.97 Å². The van der Waals surface area contributed by atoms with Crippen LogP contribution < -0.4 is 5.43 Å². The van der Waals surface area contributed by atoms with E-state index in [1.54, 1.807) is 11.9 Å². The second-order valence-electron chi connectivity index (χ2n) is 9.76. The largest absolute Gasteiger partial charge is 0.465 e. The molecule has 180 valence electrons. The van der Waals surface area contributed by atoms with Crippen molar-refractivity contribution in [2.45, 2.75) is 90.4 Å². The third kappa shape index (κ3) is 6.88. The van der Waals surface area contributed by atoms with Crippen molar-refractivity contribution in [1.29, 1.82) is 0 Å². The van der Waals surface area contributed by atoms with Gasteiger partial charge in [-0.3, -0.25) is 14.6 Å². The topological polar surface area (TPSA) is 77.1 Å². The van der Waals surface area contributed by atoms with E-state index in [1.165, 1.54) is 0 Å². The number of esters is 1. The van der Waals surface area contributed by atoms with Crippen LogP contribution in [0.15, 0.2) is 30.3 Å². The van der Waals surface area contributed by atoms with Crippen LogP contribution in [0.2, 0.25) is 18.1 Å². The maximum absolute atomic E-state index is 13.2. The Morgan fingerprint density at radius 1 is 1.22 bits per heavy atom. The van der Waals surface area contributed by atoms with Gasteiger partial charge in [-0.25, -0.2) is 5.43 Å². The van der Waals surface area contributed by atoms with Crippen molar-refractivity contribution in [3.8, 4) is 0 Å². The van der Waals surface area contributed by atoms with Gasteiger partial charge in [0.05, 0.1) is 25.4 Å². The maximum atomic E-state index is 13.2. The monoisotopic (exact) mass is 464 g/mol. The molecule has 1 heterocycles. The first-order valence-electron chi connectivity index (χ1n) is 11.6. The first kappa shape index (κ1) is 26.5. The van der Waals surface area contributed by atoms with Crippen molar-refractivity contribution >= 4 is 20.2 Å². The number of rotatable bonds is 11. The molecule has 3 atom stereocenters. The summed E-state index contributed by atoms with van der Waals surface area (Å²) in [6.45, 7) is 15.5. The molecule has 0 aromatic heterocycles. The van der Waals surface area contributed by atoms with Crippen LogP contribution in [0, 0.1) is 0 Å². The summed E-state index contributed by atoms with van der Waals surface area (Å²) < 4.78 is 17.8. The zero-order chi connectivity index (χ0) is 23.9. The highest BCUT2D eigenvalue weighted by atomic mass is 28.4. The molecule has 2 rings (SSSR count). The van der Waals surface area contributed by atoms with E-state index < -0.39 is 20.4 Å². The standard InChI is InChI=1S/C24H40N2O5Si/c1-8-20(31-32(6,7)24(3,4)5)19-15-21(30-17-18-13-11-10-12-14-18)23(28)26(19)25-16-22(27)29-9-2/h10-14,19-21,25H,8-9,15-17H2,1-7H3. The Labute approximate surface area is 193 Å². The highest BCUT2D eigenvalue weighted by molar-refractivity contribution is 6.74. The van der Waals surface area contributed by atoms with Crippen molar-refractivity contribution in [2.24, 2.45) is 0 Å². The molecule has 0 saturated carbocycles. The molecule has 1 fully saturated rings. The Hall–Kier alpha value is -1.74. The molecule has 1 amide bonds. The molecule has 1 aromatic carbocycles. The van der Waals surface area contributed by atoms with E-state index >= 15 is 0 Å². The number of nitrogens with one attached hydrogen (secondary N) is 1. The van der Waals surface area contributed by atoms with Gasteiger partial charge in [0.1, 0.15) is 12.6 Å². The summed E-state index contributed by atoms with van der Waals surface area (Å²) in [5, 5.41) is 1.60. The maximum Gasteiger partial charge on any atom is 0.321 e. The van der Waals surface area contributed by atoms with Crippen LogP contribution >= 0.6 is 0 Å². The van der Waals surface area contributed by atoms with Crippen molar-refractivity contribution < 1.29 is 23.5 Å². The van der Waals surface area contributed by atoms with Crippen molar-refractivity contribution in [3.63, 3.8) is 0 Å². The SMILES string of the molecule is CCOC(=O)CNN1C(=O)C(OCc2ccccc2)CC1C(CC)O[Si](C)(C)C(C)(C)C. The van der Waals surface area contributed by atoms with Crippen LogP contribution in [0.1, 0.15) is 53.0 Å². The van der Waals surface area contributed by atoms with Gasteiger partial charge in [0.2, 0.25) is 0 Å². The second-order valence-corrected chi connectivity index (χ2v) is 14.5. The highest BCUT2D eigenvalue weighted by Crippen LogP contribution is 2.39.